The van der Waals surface area contributed by atoms with Crippen molar-refractivity contribution >= 4 is 0 Å². The van der Waals surface area contributed by atoms with Gasteiger partial charge in [0.15, 0.2) is 0 Å². The molecule has 0 aliphatic heterocycles. The average molecular weight is 482 g/mol. The molecule has 0 aliphatic carbocycles. The summed E-state index contributed by atoms with van der Waals surface area (Å²) >= 11 is 0. The van der Waals surface area contributed by atoms with E-state index in [1.165, 1.54) is 0 Å². The van der Waals surface area contributed by atoms with Crippen LogP contribution in [-0.4, -0.2) is 58.3 Å². The smallest absolute Gasteiger partial charge is 0.227 e. The van der Waals surface area contributed by atoms with Gasteiger partial charge in [-0.3, -0.25) is 4.90 Å². The maximum Gasteiger partial charge on any atom is 0.227 e. The normalized spacial score (nSPS) is 12.5. The van der Waals surface area contributed by atoms with Crippen molar-refractivity contribution < 1.29 is 19.3 Å². The molecule has 0 bridgehead atoms. The molecular weight excluding hydrogens is 442 g/mol. The summed E-state index contributed by atoms with van der Waals surface area (Å²) in [7, 11) is 1.65. The fourth-order valence-corrected chi connectivity index (χ4v) is 3.81. The first-order valence-electron chi connectivity index (χ1n) is 12.3. The zero-order valence-electron chi connectivity index (χ0n) is 21.8. The molecule has 1 atom stereocenters. The third-order valence-electron chi connectivity index (χ3n) is 5.79. The van der Waals surface area contributed by atoms with Crippen LogP contribution in [0.5, 0.6) is 17.4 Å². The molecule has 3 rings (SSSR count). The van der Waals surface area contributed by atoms with Crippen molar-refractivity contribution in [3.8, 4) is 23.1 Å². The quantitative estimate of drug-likeness (QED) is 0.360. The van der Waals surface area contributed by atoms with Crippen molar-refractivity contribution in [2.24, 2.45) is 0 Å². The third-order valence-corrected chi connectivity index (χ3v) is 5.79. The summed E-state index contributed by atoms with van der Waals surface area (Å²) < 4.78 is 19.3. The first-order valence-corrected chi connectivity index (χ1v) is 12.3. The number of para-hydroxylation sites is 1. The van der Waals surface area contributed by atoms with Crippen LogP contribution >= 0.6 is 0 Å². The minimum atomic E-state index is -0.583. The molecule has 1 aromatic heterocycles. The molecule has 35 heavy (non-hydrogen) atoms. The summed E-state index contributed by atoms with van der Waals surface area (Å²) in [6, 6.07) is 17.8. The summed E-state index contributed by atoms with van der Waals surface area (Å²) in [6.45, 7) is 11.7. The Morgan fingerprint density at radius 1 is 0.971 bits per heavy atom. The van der Waals surface area contributed by atoms with Crippen molar-refractivity contribution in [1.82, 2.24) is 14.7 Å². The number of hydrogen-bond acceptors (Lipinski definition) is 6. The van der Waals surface area contributed by atoms with Crippen LogP contribution < -0.4 is 9.47 Å². The average Bonchev–Trinajstić information content (AvgIpc) is 3.20. The SMILES string of the molecule is CCc1nn(-c2ccccc2)c(Oc2ccc(OC)cc2)c1CN(CC(O)COC(C)C)C(C)C. The summed E-state index contributed by atoms with van der Waals surface area (Å²) in [5.74, 6) is 2.15. The van der Waals surface area contributed by atoms with Crippen molar-refractivity contribution in [1.29, 1.82) is 0 Å². The number of ether oxygens (including phenoxy) is 3. The lowest BCUT2D eigenvalue weighted by atomic mass is 10.1. The van der Waals surface area contributed by atoms with Gasteiger partial charge in [-0.05, 0) is 70.5 Å². The first kappa shape index (κ1) is 26.7. The minimum Gasteiger partial charge on any atom is -0.497 e. The molecule has 1 unspecified atom stereocenters. The Kier molecular flexibility index (Phi) is 9.72. The van der Waals surface area contributed by atoms with Crippen LogP contribution in [0.25, 0.3) is 5.69 Å². The molecule has 1 N–H and O–H groups in total. The van der Waals surface area contributed by atoms with Gasteiger partial charge in [-0.25, -0.2) is 4.68 Å². The summed E-state index contributed by atoms with van der Waals surface area (Å²) in [6.07, 6.45) is 0.261. The fourth-order valence-electron chi connectivity index (χ4n) is 3.81. The second-order valence-corrected chi connectivity index (χ2v) is 9.17. The summed E-state index contributed by atoms with van der Waals surface area (Å²) in [4.78, 5) is 2.24. The topological polar surface area (TPSA) is 69.0 Å². The van der Waals surface area contributed by atoms with Gasteiger partial charge in [-0.1, -0.05) is 25.1 Å². The molecule has 0 spiro atoms. The van der Waals surface area contributed by atoms with Gasteiger partial charge in [-0.15, -0.1) is 0 Å². The standard InChI is InChI=1S/C28H39N3O4/c1-7-27-26(18-30(20(2)3)17-23(32)19-34-21(4)5)28(31(29-27)22-11-9-8-10-12-22)35-25-15-13-24(33-6)14-16-25/h8-16,20-21,23,32H,7,17-19H2,1-6H3. The zero-order chi connectivity index (χ0) is 25.4. The molecule has 0 saturated heterocycles. The molecule has 3 aromatic rings. The van der Waals surface area contributed by atoms with Gasteiger partial charge in [-0.2, -0.15) is 5.10 Å². The van der Waals surface area contributed by atoms with Crippen LogP contribution in [0, 0.1) is 0 Å². The third kappa shape index (κ3) is 7.31. The van der Waals surface area contributed by atoms with Crippen molar-refractivity contribution in [2.45, 2.75) is 65.8 Å². The van der Waals surface area contributed by atoms with Crippen molar-refractivity contribution in [2.75, 3.05) is 20.3 Å². The Balaban J connectivity index is 1.98. The van der Waals surface area contributed by atoms with E-state index in [4.69, 9.17) is 19.3 Å². The molecule has 7 nitrogen and oxygen atoms in total. The van der Waals surface area contributed by atoms with E-state index in [9.17, 15) is 5.11 Å². The monoisotopic (exact) mass is 481 g/mol. The van der Waals surface area contributed by atoms with Crippen LogP contribution in [0.3, 0.4) is 0 Å². The van der Waals surface area contributed by atoms with Gasteiger partial charge in [0.1, 0.15) is 11.5 Å². The van der Waals surface area contributed by atoms with Crippen molar-refractivity contribution in [3.63, 3.8) is 0 Å². The lowest BCUT2D eigenvalue weighted by molar-refractivity contribution is -0.0137. The number of aliphatic hydroxyl groups excluding tert-OH is 1. The molecule has 0 amide bonds. The molecule has 7 heteroatoms. The highest BCUT2D eigenvalue weighted by Crippen LogP contribution is 2.33. The molecule has 0 aliphatic rings. The van der Waals surface area contributed by atoms with Gasteiger partial charge in [0.05, 0.1) is 42.9 Å². The second kappa shape index (κ2) is 12.7. The number of aryl methyl sites for hydroxylation is 1. The maximum absolute atomic E-state index is 10.6. The van der Waals surface area contributed by atoms with E-state index in [0.717, 1.165) is 29.1 Å². The second-order valence-electron chi connectivity index (χ2n) is 9.17. The van der Waals surface area contributed by atoms with E-state index in [2.05, 4.69) is 25.7 Å². The van der Waals surface area contributed by atoms with Crippen LogP contribution in [-0.2, 0) is 17.7 Å². The first-order chi connectivity index (χ1) is 16.8. The van der Waals surface area contributed by atoms with Gasteiger partial charge in [0.2, 0.25) is 5.88 Å². The van der Waals surface area contributed by atoms with E-state index in [1.54, 1.807) is 7.11 Å². The largest absolute Gasteiger partial charge is 0.497 e. The summed E-state index contributed by atoms with van der Waals surface area (Å²) in [5, 5.41) is 15.6. The predicted molar refractivity (Wildman–Crippen MR) is 139 cm³/mol. The van der Waals surface area contributed by atoms with Gasteiger partial charge in [0, 0.05) is 19.1 Å². The lowest BCUT2D eigenvalue weighted by Gasteiger charge is -2.29. The maximum atomic E-state index is 10.6. The van der Waals surface area contributed by atoms with E-state index >= 15 is 0 Å². The molecule has 0 radical (unpaired) electrons. The lowest BCUT2D eigenvalue weighted by Crippen LogP contribution is -2.39. The highest BCUT2D eigenvalue weighted by atomic mass is 16.5. The highest BCUT2D eigenvalue weighted by molar-refractivity contribution is 5.44. The van der Waals surface area contributed by atoms with Crippen LogP contribution in [0.2, 0.25) is 0 Å². The van der Waals surface area contributed by atoms with Crippen molar-refractivity contribution in [3.05, 3.63) is 65.9 Å². The minimum absolute atomic E-state index is 0.0810. The molecule has 2 aromatic carbocycles. The van der Waals surface area contributed by atoms with E-state index in [1.807, 2.05) is 73.1 Å². The van der Waals surface area contributed by atoms with Gasteiger partial charge < -0.3 is 19.3 Å². The molecule has 0 fully saturated rings. The van der Waals surface area contributed by atoms with Crippen LogP contribution in [0.1, 0.15) is 45.9 Å². The number of nitrogens with zero attached hydrogens (tertiary/aromatic N) is 3. The Bertz CT molecular complexity index is 1030. The van der Waals surface area contributed by atoms with E-state index < -0.39 is 6.10 Å². The molecule has 1 heterocycles. The van der Waals surface area contributed by atoms with E-state index in [-0.39, 0.29) is 12.1 Å². The molecule has 0 saturated carbocycles. The Hall–Kier alpha value is -2.87. The summed E-state index contributed by atoms with van der Waals surface area (Å²) in [5.41, 5.74) is 2.91. The van der Waals surface area contributed by atoms with Gasteiger partial charge >= 0.3 is 0 Å². The fraction of sp³-hybridized carbons (Fsp3) is 0.464. The van der Waals surface area contributed by atoms with Gasteiger partial charge in [0.25, 0.3) is 0 Å². The number of hydrogen-bond donors (Lipinski definition) is 1. The van der Waals surface area contributed by atoms with E-state index in [0.29, 0.717) is 31.3 Å². The van der Waals surface area contributed by atoms with Crippen LogP contribution in [0.4, 0.5) is 0 Å². The van der Waals surface area contributed by atoms with Crippen LogP contribution in [0.15, 0.2) is 54.6 Å². The number of aliphatic hydroxyl groups is 1. The number of benzene rings is 2. The number of methoxy groups -OCH3 is 1. The number of rotatable bonds is 13. The predicted octanol–water partition coefficient (Wildman–Crippen LogP) is 5.23. The number of aromatic nitrogens is 2. The Labute approximate surface area is 209 Å². The highest BCUT2D eigenvalue weighted by Gasteiger charge is 2.25. The Morgan fingerprint density at radius 2 is 1.63 bits per heavy atom. The Morgan fingerprint density at radius 3 is 2.20 bits per heavy atom. The molecular formula is C28H39N3O4. The molecule has 190 valence electrons. The zero-order valence-corrected chi connectivity index (χ0v) is 21.8.